The summed E-state index contributed by atoms with van der Waals surface area (Å²) in [7, 11) is 0. The van der Waals surface area contributed by atoms with Crippen LogP contribution in [0.4, 0.5) is 0 Å². The van der Waals surface area contributed by atoms with Gasteiger partial charge in [0, 0.05) is 22.2 Å². The van der Waals surface area contributed by atoms with Crippen LogP contribution in [0.3, 0.4) is 0 Å². The van der Waals surface area contributed by atoms with Crippen molar-refractivity contribution in [3.8, 4) is 0 Å². The van der Waals surface area contributed by atoms with Crippen LogP contribution >= 0.6 is 11.6 Å². The Labute approximate surface area is 80.8 Å². The van der Waals surface area contributed by atoms with Crippen molar-refractivity contribution in [2.24, 2.45) is 0 Å². The lowest BCUT2D eigenvalue weighted by Gasteiger charge is -2.02. The molecule has 0 aliphatic heterocycles. The fraction of sp³-hybridized carbons (Fsp3) is 0.100. The molecular weight excluding hydrogens is 186 g/mol. The molecule has 13 heavy (non-hydrogen) atoms. The van der Waals surface area contributed by atoms with Crippen molar-refractivity contribution in [3.05, 3.63) is 41.0 Å². The average molecular weight is 194 g/mol. The van der Waals surface area contributed by atoms with Crippen molar-refractivity contribution >= 4 is 22.5 Å². The second-order valence-electron chi connectivity index (χ2n) is 2.80. The van der Waals surface area contributed by atoms with E-state index in [0.29, 0.717) is 5.02 Å². The van der Waals surface area contributed by atoms with Gasteiger partial charge in [0.1, 0.15) is 0 Å². The fourth-order valence-corrected chi connectivity index (χ4v) is 1.60. The van der Waals surface area contributed by atoms with Crippen molar-refractivity contribution in [1.29, 1.82) is 0 Å². The molecule has 0 fully saturated rings. The predicted octanol–water partition coefficient (Wildman–Crippen LogP) is 2.38. The van der Waals surface area contributed by atoms with Crippen molar-refractivity contribution in [3.63, 3.8) is 0 Å². The molecule has 2 nitrogen and oxygen atoms in total. The zero-order chi connectivity index (χ0) is 9.26. The van der Waals surface area contributed by atoms with E-state index >= 15 is 0 Å². The van der Waals surface area contributed by atoms with Gasteiger partial charge in [-0.3, -0.25) is 4.98 Å². The number of aliphatic hydroxyl groups excluding tert-OH is 1. The third-order valence-corrected chi connectivity index (χ3v) is 2.14. The normalized spacial score (nSPS) is 10.6. The highest BCUT2D eigenvalue weighted by atomic mass is 35.5. The van der Waals surface area contributed by atoms with E-state index < -0.39 is 0 Å². The summed E-state index contributed by atoms with van der Waals surface area (Å²) in [5.41, 5.74) is 1.58. The first-order valence-corrected chi connectivity index (χ1v) is 4.33. The molecule has 2 rings (SSSR count). The maximum absolute atomic E-state index is 9.06. The lowest BCUT2D eigenvalue weighted by Crippen LogP contribution is -1.88. The molecule has 2 aromatic rings. The quantitative estimate of drug-likeness (QED) is 0.755. The largest absolute Gasteiger partial charge is 0.392 e. The van der Waals surface area contributed by atoms with Gasteiger partial charge in [-0.1, -0.05) is 17.7 Å². The number of benzene rings is 1. The molecule has 0 spiro atoms. The molecule has 0 saturated heterocycles. The van der Waals surface area contributed by atoms with Crippen LogP contribution in [0.2, 0.25) is 5.02 Å². The van der Waals surface area contributed by atoms with Gasteiger partial charge in [0.05, 0.1) is 12.1 Å². The van der Waals surface area contributed by atoms with Crippen molar-refractivity contribution in [2.45, 2.75) is 6.61 Å². The summed E-state index contributed by atoms with van der Waals surface area (Å²) in [6.45, 7) is -0.0337. The SMILES string of the molecule is OCc1cc(Cl)cc2cccnc12. The predicted molar refractivity (Wildman–Crippen MR) is 52.7 cm³/mol. The number of pyridine rings is 1. The van der Waals surface area contributed by atoms with Crippen molar-refractivity contribution in [1.82, 2.24) is 4.98 Å². The van der Waals surface area contributed by atoms with Crippen LogP contribution in [-0.4, -0.2) is 10.1 Å². The van der Waals surface area contributed by atoms with Crippen LogP contribution in [-0.2, 0) is 6.61 Å². The number of halogens is 1. The molecule has 66 valence electrons. The van der Waals surface area contributed by atoms with Gasteiger partial charge in [-0.25, -0.2) is 0 Å². The van der Waals surface area contributed by atoms with E-state index in [1.807, 2.05) is 18.2 Å². The number of aromatic nitrogens is 1. The number of nitrogens with zero attached hydrogens (tertiary/aromatic N) is 1. The molecule has 0 atom stereocenters. The summed E-state index contributed by atoms with van der Waals surface area (Å²) < 4.78 is 0. The van der Waals surface area contributed by atoms with Gasteiger partial charge in [-0.15, -0.1) is 0 Å². The van der Waals surface area contributed by atoms with Gasteiger partial charge in [-0.05, 0) is 18.2 Å². The van der Waals surface area contributed by atoms with Crippen LogP contribution in [0.1, 0.15) is 5.56 Å². The Bertz CT molecular complexity index is 442. The zero-order valence-corrected chi connectivity index (χ0v) is 7.62. The smallest absolute Gasteiger partial charge is 0.0758 e. The van der Waals surface area contributed by atoms with Gasteiger partial charge < -0.3 is 5.11 Å². The Morgan fingerprint density at radius 2 is 2.23 bits per heavy atom. The molecule has 0 bridgehead atoms. The van der Waals surface area contributed by atoms with Gasteiger partial charge >= 0.3 is 0 Å². The highest BCUT2D eigenvalue weighted by molar-refractivity contribution is 6.31. The van der Waals surface area contributed by atoms with E-state index in [4.69, 9.17) is 16.7 Å². The Kier molecular flexibility index (Phi) is 2.17. The van der Waals surface area contributed by atoms with Gasteiger partial charge in [0.25, 0.3) is 0 Å². The van der Waals surface area contributed by atoms with Crippen LogP contribution in [0.15, 0.2) is 30.5 Å². The zero-order valence-electron chi connectivity index (χ0n) is 6.87. The van der Waals surface area contributed by atoms with Gasteiger partial charge in [0.15, 0.2) is 0 Å². The van der Waals surface area contributed by atoms with Crippen molar-refractivity contribution in [2.75, 3.05) is 0 Å². The third kappa shape index (κ3) is 1.50. The van der Waals surface area contributed by atoms with E-state index in [0.717, 1.165) is 16.5 Å². The molecule has 1 aromatic carbocycles. The molecule has 1 N–H and O–H groups in total. The maximum atomic E-state index is 9.06. The molecule has 0 unspecified atom stereocenters. The first-order chi connectivity index (χ1) is 6.31. The summed E-state index contributed by atoms with van der Waals surface area (Å²) in [5, 5.41) is 10.6. The summed E-state index contributed by atoms with van der Waals surface area (Å²) in [6.07, 6.45) is 1.70. The lowest BCUT2D eigenvalue weighted by atomic mass is 10.1. The summed E-state index contributed by atoms with van der Waals surface area (Å²) in [4.78, 5) is 4.17. The lowest BCUT2D eigenvalue weighted by molar-refractivity contribution is 0.283. The van der Waals surface area contributed by atoms with Crippen LogP contribution in [0.25, 0.3) is 10.9 Å². The standard InChI is InChI=1S/C10H8ClNO/c11-9-4-7-2-1-3-12-10(7)8(5-9)6-13/h1-5,13H,6H2. The highest BCUT2D eigenvalue weighted by Gasteiger charge is 2.02. The number of fused-ring (bicyclic) bond motifs is 1. The minimum absolute atomic E-state index is 0.0337. The maximum Gasteiger partial charge on any atom is 0.0758 e. The Morgan fingerprint density at radius 3 is 3.00 bits per heavy atom. The fourth-order valence-electron chi connectivity index (χ4n) is 1.35. The molecule has 0 amide bonds. The Morgan fingerprint density at radius 1 is 1.38 bits per heavy atom. The number of rotatable bonds is 1. The molecule has 0 aliphatic carbocycles. The van der Waals surface area contributed by atoms with E-state index in [1.165, 1.54) is 0 Å². The van der Waals surface area contributed by atoms with Gasteiger partial charge in [0.2, 0.25) is 0 Å². The second-order valence-corrected chi connectivity index (χ2v) is 3.23. The van der Waals surface area contributed by atoms with Crippen LogP contribution in [0, 0.1) is 0 Å². The van der Waals surface area contributed by atoms with E-state index in [-0.39, 0.29) is 6.61 Å². The minimum Gasteiger partial charge on any atom is -0.392 e. The number of hydrogen-bond acceptors (Lipinski definition) is 2. The molecular formula is C10H8ClNO. The summed E-state index contributed by atoms with van der Waals surface area (Å²) in [6, 6.07) is 7.34. The van der Waals surface area contributed by atoms with E-state index in [2.05, 4.69) is 4.98 Å². The first-order valence-electron chi connectivity index (χ1n) is 3.95. The van der Waals surface area contributed by atoms with Crippen LogP contribution in [0.5, 0.6) is 0 Å². The number of hydrogen-bond donors (Lipinski definition) is 1. The topological polar surface area (TPSA) is 33.1 Å². The molecule has 0 saturated carbocycles. The highest BCUT2D eigenvalue weighted by Crippen LogP contribution is 2.21. The Hall–Kier alpha value is -1.12. The molecule has 0 radical (unpaired) electrons. The molecule has 3 heteroatoms. The minimum atomic E-state index is -0.0337. The molecule has 1 aromatic heterocycles. The monoisotopic (exact) mass is 193 g/mol. The average Bonchev–Trinajstić information content (AvgIpc) is 2.16. The third-order valence-electron chi connectivity index (χ3n) is 1.92. The molecule has 0 aliphatic rings. The van der Waals surface area contributed by atoms with Gasteiger partial charge in [-0.2, -0.15) is 0 Å². The van der Waals surface area contributed by atoms with Crippen molar-refractivity contribution < 1.29 is 5.11 Å². The number of aliphatic hydroxyl groups is 1. The van der Waals surface area contributed by atoms with E-state index in [1.54, 1.807) is 12.3 Å². The van der Waals surface area contributed by atoms with Crippen LogP contribution < -0.4 is 0 Å². The second kappa shape index (κ2) is 3.32. The molecule has 1 heterocycles. The Balaban J connectivity index is 2.81. The summed E-state index contributed by atoms with van der Waals surface area (Å²) >= 11 is 5.86. The van der Waals surface area contributed by atoms with E-state index in [9.17, 15) is 0 Å². The summed E-state index contributed by atoms with van der Waals surface area (Å²) in [5.74, 6) is 0. The first kappa shape index (κ1) is 8.48.